The summed E-state index contributed by atoms with van der Waals surface area (Å²) in [6, 6.07) is 7.58. The molecule has 1 unspecified atom stereocenters. The highest BCUT2D eigenvalue weighted by Crippen LogP contribution is 2.19. The van der Waals surface area contributed by atoms with Gasteiger partial charge in [0.15, 0.2) is 0 Å². The van der Waals surface area contributed by atoms with Gasteiger partial charge in [0, 0.05) is 13.0 Å². The number of alkyl carbamates (subject to hydrolysis) is 1. The fraction of sp³-hybridized carbons (Fsp3) is 0.579. The van der Waals surface area contributed by atoms with Gasteiger partial charge in [-0.1, -0.05) is 12.1 Å². The molecule has 1 aromatic rings. The van der Waals surface area contributed by atoms with Crippen LogP contribution >= 0.6 is 0 Å². The Labute approximate surface area is 150 Å². The van der Waals surface area contributed by atoms with Crippen LogP contribution in [-0.2, 0) is 9.53 Å². The van der Waals surface area contributed by atoms with E-state index in [0.717, 1.165) is 11.3 Å². The zero-order chi connectivity index (χ0) is 18.9. The van der Waals surface area contributed by atoms with Gasteiger partial charge in [-0.2, -0.15) is 0 Å². The number of nitrogens with one attached hydrogen (secondary N) is 2. The standard InChI is InChI=1S/C19H30N2O4/c1-6-24-16-10-7-9-15(13-16)14(2)21-17(22)11-8-12-20-18(23)25-19(3,4)5/h7,9-10,13-14H,6,8,11-12H2,1-5H3,(H,20,23)(H,21,22). The maximum atomic E-state index is 12.0. The molecule has 25 heavy (non-hydrogen) atoms. The second kappa shape index (κ2) is 9.91. The molecular formula is C19H30N2O4. The van der Waals surface area contributed by atoms with Crippen LogP contribution in [0.4, 0.5) is 4.79 Å². The third-order valence-corrected chi connectivity index (χ3v) is 3.30. The lowest BCUT2D eigenvalue weighted by molar-refractivity contribution is -0.121. The molecule has 0 heterocycles. The first-order valence-corrected chi connectivity index (χ1v) is 8.70. The molecule has 0 aliphatic rings. The summed E-state index contributed by atoms with van der Waals surface area (Å²) in [6.07, 6.45) is 0.427. The van der Waals surface area contributed by atoms with E-state index in [1.165, 1.54) is 0 Å². The van der Waals surface area contributed by atoms with Crippen molar-refractivity contribution in [1.82, 2.24) is 10.6 Å². The Morgan fingerprint density at radius 3 is 2.60 bits per heavy atom. The summed E-state index contributed by atoms with van der Waals surface area (Å²) < 4.78 is 10.6. The van der Waals surface area contributed by atoms with Crippen LogP contribution in [0.3, 0.4) is 0 Å². The van der Waals surface area contributed by atoms with Gasteiger partial charge in [-0.3, -0.25) is 4.79 Å². The molecule has 0 spiro atoms. The van der Waals surface area contributed by atoms with Crippen molar-refractivity contribution in [2.24, 2.45) is 0 Å². The Bertz CT molecular complexity index is 567. The van der Waals surface area contributed by atoms with Crippen molar-refractivity contribution < 1.29 is 19.1 Å². The number of hydrogen-bond donors (Lipinski definition) is 2. The van der Waals surface area contributed by atoms with Crippen molar-refractivity contribution in [3.8, 4) is 5.75 Å². The van der Waals surface area contributed by atoms with E-state index in [0.29, 0.717) is 26.0 Å². The fourth-order valence-electron chi connectivity index (χ4n) is 2.19. The number of carbonyl (C=O) groups is 2. The topological polar surface area (TPSA) is 76.7 Å². The SMILES string of the molecule is CCOc1cccc(C(C)NC(=O)CCCNC(=O)OC(C)(C)C)c1. The first-order chi connectivity index (χ1) is 11.7. The normalized spacial score (nSPS) is 12.2. The van der Waals surface area contributed by atoms with E-state index < -0.39 is 11.7 Å². The van der Waals surface area contributed by atoms with Gasteiger partial charge in [0.1, 0.15) is 11.4 Å². The van der Waals surface area contributed by atoms with Crippen molar-refractivity contribution in [3.05, 3.63) is 29.8 Å². The smallest absolute Gasteiger partial charge is 0.407 e. The quantitative estimate of drug-likeness (QED) is 0.703. The largest absolute Gasteiger partial charge is 0.494 e. The summed E-state index contributed by atoms with van der Waals surface area (Å²) in [7, 11) is 0. The third-order valence-electron chi connectivity index (χ3n) is 3.30. The number of amides is 2. The van der Waals surface area contributed by atoms with Crippen molar-refractivity contribution in [3.63, 3.8) is 0 Å². The molecule has 0 radical (unpaired) electrons. The molecule has 1 atom stereocenters. The van der Waals surface area contributed by atoms with Crippen LogP contribution in [0.15, 0.2) is 24.3 Å². The summed E-state index contributed by atoms with van der Waals surface area (Å²) in [5.41, 5.74) is 0.471. The maximum Gasteiger partial charge on any atom is 0.407 e. The summed E-state index contributed by atoms with van der Waals surface area (Å²) in [4.78, 5) is 23.5. The summed E-state index contributed by atoms with van der Waals surface area (Å²) >= 11 is 0. The average molecular weight is 350 g/mol. The molecule has 0 aliphatic carbocycles. The lowest BCUT2D eigenvalue weighted by atomic mass is 10.1. The minimum absolute atomic E-state index is 0.0553. The van der Waals surface area contributed by atoms with Crippen LogP contribution in [-0.4, -0.2) is 30.8 Å². The third kappa shape index (κ3) is 8.98. The van der Waals surface area contributed by atoms with E-state index in [-0.39, 0.29) is 11.9 Å². The van der Waals surface area contributed by atoms with Gasteiger partial charge in [-0.25, -0.2) is 4.79 Å². The van der Waals surface area contributed by atoms with Crippen LogP contribution in [0, 0.1) is 0 Å². The van der Waals surface area contributed by atoms with Gasteiger partial charge >= 0.3 is 6.09 Å². The molecule has 2 N–H and O–H groups in total. The zero-order valence-electron chi connectivity index (χ0n) is 15.8. The predicted molar refractivity (Wildman–Crippen MR) is 97.6 cm³/mol. The number of rotatable bonds is 8. The molecule has 140 valence electrons. The second-order valence-electron chi connectivity index (χ2n) is 6.83. The van der Waals surface area contributed by atoms with Crippen LogP contribution in [0.5, 0.6) is 5.75 Å². The molecule has 1 aromatic carbocycles. The molecule has 6 nitrogen and oxygen atoms in total. The van der Waals surface area contributed by atoms with E-state index >= 15 is 0 Å². The Hall–Kier alpha value is -2.24. The molecular weight excluding hydrogens is 320 g/mol. The molecule has 0 aromatic heterocycles. The van der Waals surface area contributed by atoms with Crippen LogP contribution in [0.1, 0.15) is 59.1 Å². The minimum atomic E-state index is -0.521. The highest BCUT2D eigenvalue weighted by Gasteiger charge is 2.15. The molecule has 0 fully saturated rings. The number of ether oxygens (including phenoxy) is 2. The first kappa shape index (κ1) is 20.8. The van der Waals surface area contributed by atoms with Gasteiger partial charge in [0.05, 0.1) is 12.6 Å². The first-order valence-electron chi connectivity index (χ1n) is 8.70. The van der Waals surface area contributed by atoms with Crippen LogP contribution < -0.4 is 15.4 Å². The van der Waals surface area contributed by atoms with Crippen molar-refractivity contribution in [2.75, 3.05) is 13.2 Å². The molecule has 0 saturated carbocycles. The van der Waals surface area contributed by atoms with Crippen molar-refractivity contribution in [2.45, 2.75) is 59.1 Å². The highest BCUT2D eigenvalue weighted by atomic mass is 16.6. The maximum absolute atomic E-state index is 12.0. The number of hydrogen-bond acceptors (Lipinski definition) is 4. The van der Waals surface area contributed by atoms with Crippen LogP contribution in [0.25, 0.3) is 0 Å². The Balaban J connectivity index is 2.32. The van der Waals surface area contributed by atoms with Crippen molar-refractivity contribution in [1.29, 1.82) is 0 Å². The molecule has 6 heteroatoms. The van der Waals surface area contributed by atoms with E-state index in [2.05, 4.69) is 10.6 Å². The van der Waals surface area contributed by atoms with E-state index in [1.807, 2.05) is 58.9 Å². The van der Waals surface area contributed by atoms with Gasteiger partial charge in [-0.15, -0.1) is 0 Å². The second-order valence-corrected chi connectivity index (χ2v) is 6.83. The van der Waals surface area contributed by atoms with E-state index in [9.17, 15) is 9.59 Å². The summed E-state index contributed by atoms with van der Waals surface area (Å²) in [6.45, 7) is 10.3. The van der Waals surface area contributed by atoms with E-state index in [1.54, 1.807) is 0 Å². The highest BCUT2D eigenvalue weighted by molar-refractivity contribution is 5.76. The summed E-state index contributed by atoms with van der Waals surface area (Å²) in [5.74, 6) is 0.739. The fourth-order valence-corrected chi connectivity index (χ4v) is 2.19. The average Bonchev–Trinajstić information content (AvgIpc) is 2.50. The number of carbonyl (C=O) groups excluding carboxylic acids is 2. The Morgan fingerprint density at radius 2 is 1.96 bits per heavy atom. The number of benzene rings is 1. The molecule has 1 rings (SSSR count). The predicted octanol–water partition coefficient (Wildman–Crippen LogP) is 3.57. The molecule has 2 amide bonds. The Morgan fingerprint density at radius 1 is 1.24 bits per heavy atom. The lowest BCUT2D eigenvalue weighted by Gasteiger charge is -2.19. The summed E-state index contributed by atoms with van der Waals surface area (Å²) in [5, 5.41) is 5.60. The zero-order valence-corrected chi connectivity index (χ0v) is 15.8. The van der Waals surface area contributed by atoms with Gasteiger partial charge in [0.25, 0.3) is 0 Å². The minimum Gasteiger partial charge on any atom is -0.494 e. The van der Waals surface area contributed by atoms with Gasteiger partial charge in [-0.05, 0) is 58.7 Å². The molecule has 0 bridgehead atoms. The Kier molecular flexibility index (Phi) is 8.25. The monoisotopic (exact) mass is 350 g/mol. The van der Waals surface area contributed by atoms with E-state index in [4.69, 9.17) is 9.47 Å². The molecule has 0 aliphatic heterocycles. The van der Waals surface area contributed by atoms with Gasteiger partial charge < -0.3 is 20.1 Å². The lowest BCUT2D eigenvalue weighted by Crippen LogP contribution is -2.33. The molecule has 0 saturated heterocycles. The van der Waals surface area contributed by atoms with Crippen LogP contribution in [0.2, 0.25) is 0 Å². The van der Waals surface area contributed by atoms with Crippen molar-refractivity contribution >= 4 is 12.0 Å². The van der Waals surface area contributed by atoms with Gasteiger partial charge in [0.2, 0.25) is 5.91 Å².